The number of rotatable bonds is 3. The maximum Gasteiger partial charge on any atom is 0.263 e. The Kier molecular flexibility index (Phi) is 2.83. The highest BCUT2D eigenvalue weighted by Crippen LogP contribution is 2.34. The molecule has 0 saturated carbocycles. The van der Waals surface area contributed by atoms with E-state index in [-0.39, 0.29) is 0 Å². The minimum atomic E-state index is 0.446. The first-order chi connectivity index (χ1) is 9.20. The average molecular weight is 276 g/mol. The van der Waals surface area contributed by atoms with E-state index in [0.29, 0.717) is 17.5 Å². The van der Waals surface area contributed by atoms with Crippen LogP contribution in [0.3, 0.4) is 0 Å². The quantitative estimate of drug-likeness (QED) is 0.792. The number of aryl methyl sites for hydroxylation is 2. The summed E-state index contributed by atoms with van der Waals surface area (Å²) in [5.74, 6) is 1.52. The smallest absolute Gasteiger partial charge is 0.263 e. The molecule has 0 radical (unpaired) electrons. The van der Waals surface area contributed by atoms with Crippen LogP contribution in [0.2, 0.25) is 0 Å². The molecule has 0 unspecified atom stereocenters. The Bertz CT molecular complexity index is 713. The van der Waals surface area contributed by atoms with Crippen molar-refractivity contribution in [3.63, 3.8) is 0 Å². The molecule has 0 aliphatic carbocycles. The number of hydrogen-bond acceptors (Lipinski definition) is 7. The Morgan fingerprint density at radius 2 is 2.16 bits per heavy atom. The molecule has 19 heavy (non-hydrogen) atoms. The van der Waals surface area contributed by atoms with Crippen molar-refractivity contribution in [2.75, 3.05) is 12.4 Å². The van der Waals surface area contributed by atoms with Gasteiger partial charge in [-0.3, -0.25) is 0 Å². The summed E-state index contributed by atoms with van der Waals surface area (Å²) in [7, 11) is 1.84. The second kappa shape index (κ2) is 4.51. The van der Waals surface area contributed by atoms with Crippen molar-refractivity contribution in [3.05, 3.63) is 23.6 Å². The molecule has 1 N–H and O–H groups in total. The van der Waals surface area contributed by atoms with Gasteiger partial charge in [0.05, 0.1) is 17.5 Å². The maximum absolute atomic E-state index is 5.35. The van der Waals surface area contributed by atoms with Crippen LogP contribution in [0.4, 0.5) is 5.00 Å². The molecule has 3 heterocycles. The van der Waals surface area contributed by atoms with E-state index in [0.717, 1.165) is 21.8 Å². The second-order valence-corrected chi connectivity index (χ2v) is 4.85. The number of furan rings is 1. The van der Waals surface area contributed by atoms with Gasteiger partial charge >= 0.3 is 0 Å². The molecule has 3 aromatic rings. The molecule has 0 atom stereocenters. The van der Waals surface area contributed by atoms with Crippen LogP contribution < -0.4 is 5.32 Å². The van der Waals surface area contributed by atoms with Crippen LogP contribution in [0.15, 0.2) is 21.3 Å². The van der Waals surface area contributed by atoms with Gasteiger partial charge in [0.15, 0.2) is 5.76 Å². The SMILES string of the molecule is CNc1snc(C)c1-c1nc(-c2occc2C)no1. The number of nitrogens with zero attached hydrogens (tertiary/aromatic N) is 3. The van der Waals surface area contributed by atoms with Gasteiger partial charge in [0.25, 0.3) is 5.89 Å². The van der Waals surface area contributed by atoms with E-state index in [1.807, 2.05) is 27.0 Å². The molecular weight excluding hydrogens is 264 g/mol. The van der Waals surface area contributed by atoms with Crippen LogP contribution in [0.5, 0.6) is 0 Å². The van der Waals surface area contributed by atoms with Gasteiger partial charge in [0.1, 0.15) is 5.00 Å². The Morgan fingerprint density at radius 3 is 2.84 bits per heavy atom. The summed E-state index contributed by atoms with van der Waals surface area (Å²) < 4.78 is 15.0. The van der Waals surface area contributed by atoms with Gasteiger partial charge in [-0.25, -0.2) is 0 Å². The summed E-state index contributed by atoms with van der Waals surface area (Å²) in [6.07, 6.45) is 1.61. The van der Waals surface area contributed by atoms with Crippen molar-refractivity contribution in [3.8, 4) is 23.0 Å². The molecule has 98 valence electrons. The molecule has 7 heteroatoms. The molecule has 0 fully saturated rings. The van der Waals surface area contributed by atoms with Crippen molar-refractivity contribution >= 4 is 16.5 Å². The van der Waals surface area contributed by atoms with Crippen LogP contribution in [-0.2, 0) is 0 Å². The number of hydrogen-bond donors (Lipinski definition) is 1. The van der Waals surface area contributed by atoms with Crippen LogP contribution in [0.25, 0.3) is 23.0 Å². The van der Waals surface area contributed by atoms with Crippen molar-refractivity contribution in [1.29, 1.82) is 0 Å². The minimum absolute atomic E-state index is 0.446. The van der Waals surface area contributed by atoms with Gasteiger partial charge in [-0.2, -0.15) is 9.36 Å². The number of nitrogens with one attached hydrogen (secondary N) is 1. The predicted octanol–water partition coefficient (Wildman–Crippen LogP) is 3.11. The van der Waals surface area contributed by atoms with Gasteiger partial charge in [-0.05, 0) is 37.0 Å². The fourth-order valence-electron chi connectivity index (χ4n) is 1.81. The average Bonchev–Trinajstić information content (AvgIpc) is 3.08. The lowest BCUT2D eigenvalue weighted by Crippen LogP contribution is -1.88. The fourth-order valence-corrected chi connectivity index (χ4v) is 2.55. The standard InChI is InChI=1S/C12H12N4O2S/c1-6-4-5-17-9(6)10-14-11(18-15-10)8-7(2)16-19-12(8)13-3/h4-5,13H,1-3H3. The highest BCUT2D eigenvalue weighted by molar-refractivity contribution is 7.10. The Hall–Kier alpha value is -2.15. The number of aromatic nitrogens is 3. The summed E-state index contributed by atoms with van der Waals surface area (Å²) in [6.45, 7) is 3.85. The first-order valence-electron chi connectivity index (χ1n) is 5.73. The van der Waals surface area contributed by atoms with Crippen LogP contribution >= 0.6 is 11.5 Å². The normalized spacial score (nSPS) is 10.9. The van der Waals surface area contributed by atoms with Crippen molar-refractivity contribution in [1.82, 2.24) is 14.5 Å². The summed E-state index contributed by atoms with van der Waals surface area (Å²) in [5, 5.41) is 7.94. The summed E-state index contributed by atoms with van der Waals surface area (Å²) >= 11 is 1.37. The van der Waals surface area contributed by atoms with Gasteiger partial charge in [-0.15, -0.1) is 0 Å². The molecule has 0 aliphatic rings. The van der Waals surface area contributed by atoms with Crippen LogP contribution in [0.1, 0.15) is 11.3 Å². The first-order valence-corrected chi connectivity index (χ1v) is 6.50. The molecule has 0 amide bonds. The third kappa shape index (κ3) is 1.91. The van der Waals surface area contributed by atoms with Crippen molar-refractivity contribution in [2.24, 2.45) is 0 Å². The lowest BCUT2D eigenvalue weighted by Gasteiger charge is -1.96. The van der Waals surface area contributed by atoms with E-state index >= 15 is 0 Å². The third-order valence-electron chi connectivity index (χ3n) is 2.79. The monoisotopic (exact) mass is 276 g/mol. The molecular formula is C12H12N4O2S. The fraction of sp³-hybridized carbons (Fsp3) is 0.250. The third-order valence-corrected chi connectivity index (χ3v) is 3.75. The van der Waals surface area contributed by atoms with Crippen LogP contribution in [0, 0.1) is 13.8 Å². The van der Waals surface area contributed by atoms with Gasteiger partial charge in [0, 0.05) is 7.05 Å². The highest BCUT2D eigenvalue weighted by Gasteiger charge is 2.20. The summed E-state index contributed by atoms with van der Waals surface area (Å²) in [4.78, 5) is 4.38. The van der Waals surface area contributed by atoms with E-state index in [1.165, 1.54) is 11.5 Å². The largest absolute Gasteiger partial charge is 0.461 e. The van der Waals surface area contributed by atoms with Gasteiger partial charge in [0.2, 0.25) is 5.82 Å². The summed E-state index contributed by atoms with van der Waals surface area (Å²) in [6, 6.07) is 1.86. The highest BCUT2D eigenvalue weighted by atomic mass is 32.1. The van der Waals surface area contributed by atoms with E-state index in [1.54, 1.807) is 6.26 Å². The van der Waals surface area contributed by atoms with Gasteiger partial charge < -0.3 is 14.3 Å². The molecule has 0 saturated heterocycles. The zero-order valence-electron chi connectivity index (χ0n) is 10.7. The second-order valence-electron chi connectivity index (χ2n) is 4.08. The molecule has 0 aromatic carbocycles. The molecule has 3 rings (SSSR count). The van der Waals surface area contributed by atoms with E-state index in [4.69, 9.17) is 8.94 Å². The minimum Gasteiger partial charge on any atom is -0.461 e. The summed E-state index contributed by atoms with van der Waals surface area (Å²) in [5.41, 5.74) is 2.68. The van der Waals surface area contributed by atoms with E-state index in [9.17, 15) is 0 Å². The van der Waals surface area contributed by atoms with E-state index in [2.05, 4.69) is 19.8 Å². The topological polar surface area (TPSA) is 77.0 Å². The van der Waals surface area contributed by atoms with E-state index < -0.39 is 0 Å². The Balaban J connectivity index is 2.06. The maximum atomic E-state index is 5.35. The zero-order chi connectivity index (χ0) is 13.4. The van der Waals surface area contributed by atoms with Gasteiger partial charge in [-0.1, -0.05) is 5.16 Å². The molecule has 3 aromatic heterocycles. The molecule has 0 aliphatic heterocycles. The molecule has 0 spiro atoms. The molecule has 0 bridgehead atoms. The van der Waals surface area contributed by atoms with Crippen LogP contribution in [-0.4, -0.2) is 21.6 Å². The number of anilines is 1. The first kappa shape index (κ1) is 11.9. The molecule has 6 nitrogen and oxygen atoms in total. The Morgan fingerprint density at radius 1 is 1.32 bits per heavy atom. The van der Waals surface area contributed by atoms with Crippen molar-refractivity contribution in [2.45, 2.75) is 13.8 Å². The Labute approximate surface area is 113 Å². The lowest BCUT2D eigenvalue weighted by atomic mass is 10.2. The predicted molar refractivity (Wildman–Crippen MR) is 72.1 cm³/mol. The zero-order valence-corrected chi connectivity index (χ0v) is 11.5. The van der Waals surface area contributed by atoms with Crippen molar-refractivity contribution < 1.29 is 8.94 Å². The lowest BCUT2D eigenvalue weighted by molar-refractivity contribution is 0.429.